The van der Waals surface area contributed by atoms with Crippen LogP contribution < -0.4 is 5.32 Å². The fraction of sp³-hybridized carbons (Fsp3) is 0.286. The molecule has 1 aliphatic rings. The standard InChI is InChI=1S/C21H19F4N5O3S/c22-16-3-1-2-4-19(16)34(32,33)29-9-7-14(8-10-29)20(31)28-17-11-15(21(23,24)25)5-6-18(17)30-13-26-12-27-30/h1-6,11-14H,7-10H2,(H,28,31). The average Bonchev–Trinajstić information content (AvgIpc) is 3.33. The second kappa shape index (κ2) is 9.14. The number of carbonyl (C=O) groups is 1. The van der Waals surface area contributed by atoms with Crippen LogP contribution in [0.1, 0.15) is 18.4 Å². The minimum Gasteiger partial charge on any atom is -0.324 e. The fourth-order valence-electron chi connectivity index (χ4n) is 3.73. The fourth-order valence-corrected chi connectivity index (χ4v) is 5.27. The van der Waals surface area contributed by atoms with Crippen molar-refractivity contribution in [2.75, 3.05) is 18.4 Å². The molecule has 2 aromatic carbocycles. The Labute approximate surface area is 192 Å². The number of carbonyl (C=O) groups excluding carboxylic acids is 1. The van der Waals surface area contributed by atoms with E-state index in [1.165, 1.54) is 41.6 Å². The van der Waals surface area contributed by atoms with E-state index >= 15 is 0 Å². The van der Waals surface area contributed by atoms with Crippen LogP contribution in [0.5, 0.6) is 0 Å². The number of amides is 1. The van der Waals surface area contributed by atoms with E-state index in [1.54, 1.807) is 0 Å². The molecule has 2 heterocycles. The maximum atomic E-state index is 14.0. The van der Waals surface area contributed by atoms with Crippen LogP contribution in [0.3, 0.4) is 0 Å². The number of benzene rings is 2. The molecule has 0 unspecified atom stereocenters. The van der Waals surface area contributed by atoms with Crippen LogP contribution >= 0.6 is 0 Å². The first kappa shape index (κ1) is 23.8. The lowest BCUT2D eigenvalue weighted by Crippen LogP contribution is -2.41. The number of alkyl halides is 3. The maximum Gasteiger partial charge on any atom is 0.416 e. The summed E-state index contributed by atoms with van der Waals surface area (Å²) in [5, 5.41) is 6.42. The first-order chi connectivity index (χ1) is 16.1. The molecular formula is C21H19F4N5O3S. The molecule has 13 heteroatoms. The van der Waals surface area contributed by atoms with E-state index in [1.807, 2.05) is 0 Å². The Balaban J connectivity index is 1.50. The summed E-state index contributed by atoms with van der Waals surface area (Å²) in [5.74, 6) is -2.07. The lowest BCUT2D eigenvalue weighted by atomic mass is 9.97. The minimum atomic E-state index is -4.62. The van der Waals surface area contributed by atoms with Gasteiger partial charge in [-0.1, -0.05) is 12.1 Å². The normalized spacial score (nSPS) is 15.9. The van der Waals surface area contributed by atoms with Crippen LogP contribution in [0.25, 0.3) is 5.69 Å². The van der Waals surface area contributed by atoms with E-state index in [9.17, 15) is 30.8 Å². The van der Waals surface area contributed by atoms with E-state index in [-0.39, 0.29) is 37.3 Å². The summed E-state index contributed by atoms with van der Waals surface area (Å²) in [6.07, 6.45) is -1.89. The molecule has 4 rings (SSSR count). The molecule has 0 spiro atoms. The molecule has 1 amide bonds. The first-order valence-electron chi connectivity index (χ1n) is 10.2. The van der Waals surface area contributed by atoms with Crippen molar-refractivity contribution in [3.05, 3.63) is 66.5 Å². The maximum absolute atomic E-state index is 14.0. The van der Waals surface area contributed by atoms with E-state index in [2.05, 4.69) is 15.4 Å². The SMILES string of the molecule is O=C(Nc1cc(C(F)(F)F)ccc1-n1cncn1)C1CCN(S(=O)(=O)c2ccccc2F)CC1. The summed E-state index contributed by atoms with van der Waals surface area (Å²) >= 11 is 0. The monoisotopic (exact) mass is 497 g/mol. The quantitative estimate of drug-likeness (QED) is 0.545. The summed E-state index contributed by atoms with van der Waals surface area (Å²) in [6, 6.07) is 7.88. The topological polar surface area (TPSA) is 97.2 Å². The van der Waals surface area contributed by atoms with Gasteiger partial charge in [0.1, 0.15) is 23.4 Å². The molecule has 0 saturated carbocycles. The van der Waals surface area contributed by atoms with Crippen molar-refractivity contribution >= 4 is 21.6 Å². The van der Waals surface area contributed by atoms with Gasteiger partial charge >= 0.3 is 6.18 Å². The first-order valence-corrected chi connectivity index (χ1v) is 11.6. The molecule has 1 saturated heterocycles. The third kappa shape index (κ3) is 4.80. The molecule has 1 N–H and O–H groups in total. The Bertz CT molecular complexity index is 1290. The zero-order valence-corrected chi connectivity index (χ0v) is 18.4. The largest absolute Gasteiger partial charge is 0.416 e. The van der Waals surface area contributed by atoms with Crippen molar-refractivity contribution in [2.24, 2.45) is 5.92 Å². The molecule has 3 aromatic rings. The predicted molar refractivity (Wildman–Crippen MR) is 113 cm³/mol. The smallest absolute Gasteiger partial charge is 0.324 e. The summed E-state index contributed by atoms with van der Waals surface area (Å²) < 4.78 is 81.5. The number of hydrogen-bond donors (Lipinski definition) is 1. The van der Waals surface area contributed by atoms with Crippen LogP contribution in [0.2, 0.25) is 0 Å². The molecule has 180 valence electrons. The highest BCUT2D eigenvalue weighted by atomic mass is 32.2. The van der Waals surface area contributed by atoms with Gasteiger partial charge in [-0.15, -0.1) is 0 Å². The Morgan fingerprint density at radius 1 is 1.09 bits per heavy atom. The number of aromatic nitrogens is 3. The van der Waals surface area contributed by atoms with Gasteiger partial charge in [0, 0.05) is 19.0 Å². The number of halogens is 4. The number of nitrogens with one attached hydrogen (secondary N) is 1. The number of nitrogens with zero attached hydrogens (tertiary/aromatic N) is 4. The van der Waals surface area contributed by atoms with E-state index in [0.717, 1.165) is 22.5 Å². The van der Waals surface area contributed by atoms with Gasteiger partial charge in [-0.05, 0) is 43.2 Å². The zero-order chi connectivity index (χ0) is 24.5. The number of rotatable bonds is 5. The van der Waals surface area contributed by atoms with Gasteiger partial charge in [0.2, 0.25) is 15.9 Å². The number of sulfonamides is 1. The highest BCUT2D eigenvalue weighted by Gasteiger charge is 2.35. The summed E-state index contributed by atoms with van der Waals surface area (Å²) in [4.78, 5) is 16.2. The van der Waals surface area contributed by atoms with Crippen molar-refractivity contribution in [2.45, 2.75) is 23.9 Å². The molecule has 0 bridgehead atoms. The second-order valence-corrected chi connectivity index (χ2v) is 9.57. The molecule has 0 radical (unpaired) electrons. The van der Waals surface area contributed by atoms with Crippen LogP contribution in [0.15, 0.2) is 60.0 Å². The third-order valence-corrected chi connectivity index (χ3v) is 7.46. The molecule has 1 fully saturated rings. The van der Waals surface area contributed by atoms with Crippen LogP contribution in [0, 0.1) is 11.7 Å². The number of hydrogen-bond acceptors (Lipinski definition) is 5. The zero-order valence-electron chi connectivity index (χ0n) is 17.5. The molecule has 8 nitrogen and oxygen atoms in total. The summed E-state index contributed by atoms with van der Waals surface area (Å²) in [5.41, 5.74) is -0.859. The lowest BCUT2D eigenvalue weighted by Gasteiger charge is -2.30. The number of piperidine rings is 1. The third-order valence-electron chi connectivity index (χ3n) is 5.53. The number of anilines is 1. The second-order valence-electron chi connectivity index (χ2n) is 7.67. The molecule has 0 aliphatic carbocycles. The molecule has 0 atom stereocenters. The molecule has 1 aliphatic heterocycles. The summed E-state index contributed by atoms with van der Waals surface area (Å²) in [7, 11) is -4.08. The van der Waals surface area contributed by atoms with Gasteiger partial charge in [0.05, 0.1) is 16.9 Å². The van der Waals surface area contributed by atoms with E-state index in [0.29, 0.717) is 0 Å². The lowest BCUT2D eigenvalue weighted by molar-refractivity contribution is -0.137. The van der Waals surface area contributed by atoms with Gasteiger partial charge in [0.25, 0.3) is 0 Å². The molecule has 34 heavy (non-hydrogen) atoms. The van der Waals surface area contributed by atoms with Gasteiger partial charge < -0.3 is 5.32 Å². The summed E-state index contributed by atoms with van der Waals surface area (Å²) in [6.45, 7) is -0.0689. The van der Waals surface area contributed by atoms with Gasteiger partial charge in [-0.3, -0.25) is 4.79 Å². The minimum absolute atomic E-state index is 0.0344. The molecule has 1 aromatic heterocycles. The average molecular weight is 497 g/mol. The Morgan fingerprint density at radius 3 is 2.41 bits per heavy atom. The Kier molecular flexibility index (Phi) is 6.41. The van der Waals surface area contributed by atoms with Gasteiger partial charge in [-0.2, -0.15) is 22.6 Å². The predicted octanol–water partition coefficient (Wildman–Crippen LogP) is 3.46. The van der Waals surface area contributed by atoms with Crippen LogP contribution in [-0.4, -0.2) is 46.5 Å². The van der Waals surface area contributed by atoms with E-state index < -0.39 is 44.3 Å². The van der Waals surface area contributed by atoms with Crippen LogP contribution in [0.4, 0.5) is 23.2 Å². The van der Waals surface area contributed by atoms with Gasteiger partial charge in [0.15, 0.2) is 0 Å². The van der Waals surface area contributed by atoms with E-state index in [4.69, 9.17) is 0 Å². The van der Waals surface area contributed by atoms with Crippen molar-refractivity contribution in [1.82, 2.24) is 19.1 Å². The Morgan fingerprint density at radius 2 is 1.79 bits per heavy atom. The van der Waals surface area contributed by atoms with Crippen molar-refractivity contribution in [1.29, 1.82) is 0 Å². The van der Waals surface area contributed by atoms with Crippen molar-refractivity contribution in [3.63, 3.8) is 0 Å². The Hall–Kier alpha value is -3.32. The molecular weight excluding hydrogens is 478 g/mol. The van der Waals surface area contributed by atoms with Gasteiger partial charge in [-0.25, -0.2) is 22.5 Å². The van der Waals surface area contributed by atoms with Crippen molar-refractivity contribution in [3.8, 4) is 5.69 Å². The highest BCUT2D eigenvalue weighted by Crippen LogP contribution is 2.34. The highest BCUT2D eigenvalue weighted by molar-refractivity contribution is 7.89. The van der Waals surface area contributed by atoms with Crippen LogP contribution in [-0.2, 0) is 21.0 Å². The van der Waals surface area contributed by atoms with Crippen molar-refractivity contribution < 1.29 is 30.8 Å².